The summed E-state index contributed by atoms with van der Waals surface area (Å²) in [4.78, 5) is 30.7. The lowest BCUT2D eigenvalue weighted by Gasteiger charge is -2.14. The molecule has 1 aliphatic rings. The Balaban J connectivity index is 1.59. The number of amides is 1. The molecule has 0 unspecified atom stereocenters. The van der Waals surface area contributed by atoms with Gasteiger partial charge < -0.3 is 9.47 Å². The van der Waals surface area contributed by atoms with Crippen LogP contribution in [0.3, 0.4) is 0 Å². The molecule has 1 aliphatic heterocycles. The van der Waals surface area contributed by atoms with Crippen LogP contribution >= 0.6 is 39.3 Å². The highest BCUT2D eigenvalue weighted by Crippen LogP contribution is 2.40. The minimum absolute atomic E-state index is 0.00563. The summed E-state index contributed by atoms with van der Waals surface area (Å²) in [6.45, 7) is 2.67. The standard InChI is InChI=1S/C27H23BrClN3O5S/c1-3-11-31-26(33)24(38-27(31)30-20-9-7-19(29)8-10-20)15-18-13-22(28)25(23(14-18)36-2)37-16-17-5-4-6-21(12-17)32(34)35/h4-10,12-15H,3,11,16H2,1-2H3/b24-15-,30-27?. The van der Waals surface area contributed by atoms with Gasteiger partial charge >= 0.3 is 0 Å². The SMILES string of the molecule is CCCN1C(=O)/C(=C/c2cc(Br)c(OCc3cccc([N+](=O)[O-])c3)c(OC)c2)SC1=Nc1ccc(Cl)cc1. The number of carbonyl (C=O) groups is 1. The Hall–Kier alpha value is -3.34. The van der Waals surface area contributed by atoms with Crippen molar-refractivity contribution >= 4 is 67.8 Å². The first-order valence-electron chi connectivity index (χ1n) is 11.6. The predicted molar refractivity (Wildman–Crippen MR) is 154 cm³/mol. The molecule has 3 aromatic carbocycles. The number of hydrogen-bond donors (Lipinski definition) is 0. The second-order valence-corrected chi connectivity index (χ2v) is 10.5. The summed E-state index contributed by atoms with van der Waals surface area (Å²) in [6, 6.07) is 17.0. The zero-order chi connectivity index (χ0) is 27.2. The van der Waals surface area contributed by atoms with E-state index in [1.54, 1.807) is 53.4 Å². The second kappa shape index (κ2) is 12.5. The molecule has 1 heterocycles. The van der Waals surface area contributed by atoms with Crippen molar-refractivity contribution in [3.8, 4) is 11.5 Å². The number of ether oxygens (including phenoxy) is 2. The Bertz CT molecular complexity index is 1430. The molecule has 4 rings (SSSR count). The molecule has 11 heteroatoms. The van der Waals surface area contributed by atoms with Gasteiger partial charge in [0.05, 0.1) is 27.1 Å². The number of nitrogens with zero attached hydrogens (tertiary/aromatic N) is 3. The number of nitro benzene ring substituents is 1. The van der Waals surface area contributed by atoms with E-state index in [2.05, 4.69) is 20.9 Å². The van der Waals surface area contributed by atoms with Crippen LogP contribution in [0.1, 0.15) is 24.5 Å². The average Bonchev–Trinajstić information content (AvgIpc) is 3.18. The van der Waals surface area contributed by atoms with Crippen LogP contribution in [0.25, 0.3) is 6.08 Å². The molecule has 1 amide bonds. The van der Waals surface area contributed by atoms with Gasteiger partial charge in [-0.3, -0.25) is 19.8 Å². The number of rotatable bonds is 9. The summed E-state index contributed by atoms with van der Waals surface area (Å²) < 4.78 is 12.1. The van der Waals surface area contributed by atoms with Crippen molar-refractivity contribution in [1.82, 2.24) is 4.90 Å². The lowest BCUT2D eigenvalue weighted by molar-refractivity contribution is -0.384. The molecule has 3 aromatic rings. The Morgan fingerprint density at radius 1 is 1.18 bits per heavy atom. The van der Waals surface area contributed by atoms with Gasteiger partial charge in [0, 0.05) is 23.7 Å². The molecule has 196 valence electrons. The molecule has 0 aliphatic carbocycles. The van der Waals surface area contributed by atoms with Crippen molar-refractivity contribution in [2.45, 2.75) is 20.0 Å². The van der Waals surface area contributed by atoms with E-state index in [-0.39, 0.29) is 18.2 Å². The van der Waals surface area contributed by atoms with Crippen LogP contribution < -0.4 is 9.47 Å². The third kappa shape index (κ3) is 6.56. The largest absolute Gasteiger partial charge is 0.493 e. The normalized spacial score (nSPS) is 15.4. The fourth-order valence-corrected chi connectivity index (χ4v) is 5.39. The van der Waals surface area contributed by atoms with E-state index in [9.17, 15) is 14.9 Å². The number of thioether (sulfide) groups is 1. The van der Waals surface area contributed by atoms with Gasteiger partial charge in [-0.1, -0.05) is 30.7 Å². The van der Waals surface area contributed by atoms with Crippen molar-refractivity contribution in [3.63, 3.8) is 0 Å². The number of aliphatic imine (C=N–C) groups is 1. The highest BCUT2D eigenvalue weighted by atomic mass is 79.9. The van der Waals surface area contributed by atoms with Gasteiger partial charge in [0.1, 0.15) is 6.61 Å². The van der Waals surface area contributed by atoms with Gasteiger partial charge in [-0.2, -0.15) is 0 Å². The van der Waals surface area contributed by atoms with Crippen molar-refractivity contribution in [2.75, 3.05) is 13.7 Å². The smallest absolute Gasteiger partial charge is 0.269 e. The number of carbonyl (C=O) groups excluding carboxylic acids is 1. The minimum atomic E-state index is -0.447. The fourth-order valence-electron chi connectivity index (χ4n) is 3.67. The van der Waals surface area contributed by atoms with Gasteiger partial charge in [-0.05, 0) is 87.7 Å². The number of hydrogen-bond acceptors (Lipinski definition) is 7. The molecular weight excluding hydrogens is 594 g/mol. The van der Waals surface area contributed by atoms with E-state index >= 15 is 0 Å². The molecule has 0 aromatic heterocycles. The van der Waals surface area contributed by atoms with Gasteiger partial charge in [-0.15, -0.1) is 0 Å². The van der Waals surface area contributed by atoms with Crippen LogP contribution in [-0.2, 0) is 11.4 Å². The summed E-state index contributed by atoms with van der Waals surface area (Å²) in [6.07, 6.45) is 2.58. The van der Waals surface area contributed by atoms with Gasteiger partial charge in [0.15, 0.2) is 16.7 Å². The van der Waals surface area contributed by atoms with E-state index in [0.717, 1.165) is 12.0 Å². The molecule has 0 saturated carbocycles. The maximum Gasteiger partial charge on any atom is 0.269 e. The van der Waals surface area contributed by atoms with E-state index in [1.807, 2.05) is 13.0 Å². The molecule has 0 bridgehead atoms. The molecule has 0 atom stereocenters. The van der Waals surface area contributed by atoms with Crippen LogP contribution in [0.4, 0.5) is 11.4 Å². The molecular formula is C27H23BrClN3O5S. The molecule has 0 radical (unpaired) electrons. The zero-order valence-electron chi connectivity index (χ0n) is 20.5. The number of amidine groups is 1. The Kier molecular flexibility index (Phi) is 9.09. The molecule has 0 N–H and O–H groups in total. The molecule has 38 heavy (non-hydrogen) atoms. The number of halogens is 2. The maximum absolute atomic E-state index is 13.2. The predicted octanol–water partition coefficient (Wildman–Crippen LogP) is 7.61. The molecule has 8 nitrogen and oxygen atoms in total. The van der Waals surface area contributed by atoms with Crippen LogP contribution in [0.15, 0.2) is 75.0 Å². The Morgan fingerprint density at radius 3 is 2.63 bits per heavy atom. The van der Waals surface area contributed by atoms with E-state index in [4.69, 9.17) is 21.1 Å². The number of nitro groups is 1. The first kappa shape index (κ1) is 27.7. The van der Waals surface area contributed by atoms with Crippen molar-refractivity contribution in [1.29, 1.82) is 0 Å². The zero-order valence-corrected chi connectivity index (χ0v) is 23.7. The van der Waals surface area contributed by atoms with E-state index < -0.39 is 4.92 Å². The monoisotopic (exact) mass is 615 g/mol. The average molecular weight is 617 g/mol. The Labute approximate surface area is 237 Å². The third-order valence-corrected chi connectivity index (χ3v) is 7.29. The summed E-state index contributed by atoms with van der Waals surface area (Å²) in [7, 11) is 1.52. The van der Waals surface area contributed by atoms with Crippen LogP contribution in [0.5, 0.6) is 11.5 Å². The third-order valence-electron chi connectivity index (χ3n) is 5.44. The molecule has 0 spiro atoms. The lowest BCUT2D eigenvalue weighted by atomic mass is 10.1. The fraction of sp³-hybridized carbons (Fsp3) is 0.185. The first-order chi connectivity index (χ1) is 18.3. The lowest BCUT2D eigenvalue weighted by Crippen LogP contribution is -2.29. The summed E-state index contributed by atoms with van der Waals surface area (Å²) in [5.41, 5.74) is 2.09. The number of benzene rings is 3. The van der Waals surface area contributed by atoms with Crippen LogP contribution in [-0.4, -0.2) is 34.6 Å². The minimum Gasteiger partial charge on any atom is -0.493 e. The van der Waals surface area contributed by atoms with Crippen LogP contribution in [0, 0.1) is 10.1 Å². The van der Waals surface area contributed by atoms with Gasteiger partial charge in [0.25, 0.3) is 11.6 Å². The summed E-state index contributed by atoms with van der Waals surface area (Å²) >= 11 is 10.8. The van der Waals surface area contributed by atoms with Crippen LogP contribution in [0.2, 0.25) is 5.02 Å². The highest BCUT2D eigenvalue weighted by Gasteiger charge is 2.33. The van der Waals surface area contributed by atoms with Gasteiger partial charge in [-0.25, -0.2) is 4.99 Å². The van der Waals surface area contributed by atoms with Crippen molar-refractivity contribution in [3.05, 3.63) is 96.3 Å². The number of non-ortho nitro benzene ring substituents is 1. The first-order valence-corrected chi connectivity index (χ1v) is 13.6. The topological polar surface area (TPSA) is 94.3 Å². The maximum atomic E-state index is 13.2. The highest BCUT2D eigenvalue weighted by molar-refractivity contribution is 9.10. The molecule has 1 fully saturated rings. The summed E-state index contributed by atoms with van der Waals surface area (Å²) in [5, 5.41) is 12.3. The number of methoxy groups -OCH3 is 1. The second-order valence-electron chi connectivity index (χ2n) is 8.19. The van der Waals surface area contributed by atoms with Crippen molar-refractivity contribution in [2.24, 2.45) is 4.99 Å². The van der Waals surface area contributed by atoms with Gasteiger partial charge in [0.2, 0.25) is 0 Å². The summed E-state index contributed by atoms with van der Waals surface area (Å²) in [5.74, 6) is 0.780. The Morgan fingerprint density at radius 2 is 1.95 bits per heavy atom. The van der Waals surface area contributed by atoms with E-state index in [0.29, 0.717) is 48.9 Å². The van der Waals surface area contributed by atoms with E-state index in [1.165, 1.54) is 31.0 Å². The quantitative estimate of drug-likeness (QED) is 0.140. The van der Waals surface area contributed by atoms with Crippen molar-refractivity contribution < 1.29 is 19.2 Å². The molecule has 1 saturated heterocycles.